The van der Waals surface area contributed by atoms with Crippen LogP contribution in [-0.2, 0) is 9.53 Å². The SMILES string of the molecule is CCOC(=O)CC=Cc1ccc(N)c(C)c1Cl. The molecular weight excluding hydrogens is 238 g/mol. The molecule has 0 aromatic heterocycles. The number of nitrogen functional groups attached to an aromatic ring is 1. The van der Waals surface area contributed by atoms with Crippen LogP contribution in [0.4, 0.5) is 5.69 Å². The minimum Gasteiger partial charge on any atom is -0.466 e. The molecule has 0 spiro atoms. The Morgan fingerprint density at radius 1 is 1.53 bits per heavy atom. The van der Waals surface area contributed by atoms with E-state index >= 15 is 0 Å². The quantitative estimate of drug-likeness (QED) is 0.662. The normalized spacial score (nSPS) is 10.8. The highest BCUT2D eigenvalue weighted by molar-refractivity contribution is 6.33. The lowest BCUT2D eigenvalue weighted by atomic mass is 10.1. The Labute approximate surface area is 106 Å². The maximum absolute atomic E-state index is 11.1. The topological polar surface area (TPSA) is 52.3 Å². The van der Waals surface area contributed by atoms with Gasteiger partial charge in [0.2, 0.25) is 0 Å². The number of benzene rings is 1. The summed E-state index contributed by atoms with van der Waals surface area (Å²) in [5.74, 6) is -0.243. The monoisotopic (exact) mass is 253 g/mol. The highest BCUT2D eigenvalue weighted by atomic mass is 35.5. The van der Waals surface area contributed by atoms with E-state index in [9.17, 15) is 4.79 Å². The second-order valence-electron chi connectivity index (χ2n) is 3.59. The van der Waals surface area contributed by atoms with Crippen molar-refractivity contribution >= 4 is 29.3 Å². The molecule has 17 heavy (non-hydrogen) atoms. The van der Waals surface area contributed by atoms with Gasteiger partial charge >= 0.3 is 5.97 Å². The number of rotatable bonds is 4. The Morgan fingerprint density at radius 2 is 2.24 bits per heavy atom. The second kappa shape index (κ2) is 6.30. The Kier molecular flexibility index (Phi) is 5.04. The van der Waals surface area contributed by atoms with Crippen LogP contribution in [-0.4, -0.2) is 12.6 Å². The summed E-state index contributed by atoms with van der Waals surface area (Å²) in [6.45, 7) is 4.04. The van der Waals surface area contributed by atoms with Gasteiger partial charge in [0.25, 0.3) is 0 Å². The van der Waals surface area contributed by atoms with Gasteiger partial charge in [-0.1, -0.05) is 29.8 Å². The summed E-state index contributed by atoms with van der Waals surface area (Å²) < 4.78 is 4.81. The van der Waals surface area contributed by atoms with Gasteiger partial charge in [-0.15, -0.1) is 0 Å². The van der Waals surface area contributed by atoms with Crippen molar-refractivity contribution in [1.82, 2.24) is 0 Å². The van der Waals surface area contributed by atoms with Gasteiger partial charge in [-0.3, -0.25) is 4.79 Å². The predicted octanol–water partition coefficient (Wildman–Crippen LogP) is 3.20. The molecule has 4 heteroatoms. The van der Waals surface area contributed by atoms with Crippen LogP contribution in [0.25, 0.3) is 6.08 Å². The number of nitrogens with two attached hydrogens (primary N) is 1. The molecule has 1 rings (SSSR count). The molecule has 0 saturated heterocycles. The van der Waals surface area contributed by atoms with Crippen LogP contribution in [0.3, 0.4) is 0 Å². The molecule has 0 bridgehead atoms. The summed E-state index contributed by atoms with van der Waals surface area (Å²) in [6, 6.07) is 3.62. The highest BCUT2D eigenvalue weighted by Gasteiger charge is 2.04. The lowest BCUT2D eigenvalue weighted by molar-refractivity contribution is -0.142. The van der Waals surface area contributed by atoms with E-state index in [0.717, 1.165) is 11.1 Å². The Bertz CT molecular complexity index is 441. The zero-order chi connectivity index (χ0) is 12.8. The third-order valence-electron chi connectivity index (χ3n) is 2.35. The summed E-state index contributed by atoms with van der Waals surface area (Å²) in [6.07, 6.45) is 3.77. The van der Waals surface area contributed by atoms with Gasteiger partial charge in [0.1, 0.15) is 0 Å². The third-order valence-corrected chi connectivity index (χ3v) is 2.85. The van der Waals surface area contributed by atoms with E-state index in [0.29, 0.717) is 17.3 Å². The molecule has 0 aliphatic heterocycles. The van der Waals surface area contributed by atoms with Crippen molar-refractivity contribution in [2.45, 2.75) is 20.3 Å². The molecule has 0 aliphatic carbocycles. The van der Waals surface area contributed by atoms with Crippen LogP contribution < -0.4 is 5.73 Å². The molecule has 0 unspecified atom stereocenters. The number of ether oxygens (including phenoxy) is 1. The lowest BCUT2D eigenvalue weighted by Crippen LogP contribution is -2.01. The molecule has 0 aliphatic rings. The Hall–Kier alpha value is -1.48. The smallest absolute Gasteiger partial charge is 0.309 e. The molecule has 0 heterocycles. The molecule has 1 aromatic rings. The first kappa shape index (κ1) is 13.6. The van der Waals surface area contributed by atoms with Crippen LogP contribution in [0.1, 0.15) is 24.5 Å². The maximum atomic E-state index is 11.1. The Morgan fingerprint density at radius 3 is 2.88 bits per heavy atom. The van der Waals surface area contributed by atoms with E-state index in [4.69, 9.17) is 22.1 Å². The van der Waals surface area contributed by atoms with Crippen molar-refractivity contribution in [3.63, 3.8) is 0 Å². The largest absolute Gasteiger partial charge is 0.466 e. The first-order valence-corrected chi connectivity index (χ1v) is 5.80. The van der Waals surface area contributed by atoms with E-state index in [1.54, 1.807) is 25.1 Å². The fourth-order valence-corrected chi connectivity index (χ4v) is 1.59. The standard InChI is InChI=1S/C13H16ClNO2/c1-3-17-12(16)6-4-5-10-7-8-11(15)9(2)13(10)14/h4-5,7-8H,3,6,15H2,1-2H3. The Balaban J connectivity index is 2.72. The van der Waals surface area contributed by atoms with Crippen molar-refractivity contribution in [1.29, 1.82) is 0 Å². The molecule has 0 amide bonds. The number of hydrogen-bond acceptors (Lipinski definition) is 3. The maximum Gasteiger partial charge on any atom is 0.309 e. The summed E-state index contributed by atoms with van der Waals surface area (Å²) in [4.78, 5) is 11.1. The minimum atomic E-state index is -0.243. The van der Waals surface area contributed by atoms with E-state index in [2.05, 4.69) is 0 Å². The van der Waals surface area contributed by atoms with Crippen LogP contribution in [0.5, 0.6) is 0 Å². The predicted molar refractivity (Wildman–Crippen MR) is 70.9 cm³/mol. The van der Waals surface area contributed by atoms with Crippen molar-refractivity contribution in [3.05, 3.63) is 34.4 Å². The van der Waals surface area contributed by atoms with E-state index in [-0.39, 0.29) is 12.4 Å². The first-order valence-electron chi connectivity index (χ1n) is 5.43. The van der Waals surface area contributed by atoms with E-state index in [1.807, 2.05) is 13.0 Å². The van der Waals surface area contributed by atoms with Crippen LogP contribution >= 0.6 is 11.6 Å². The zero-order valence-electron chi connectivity index (χ0n) is 10.00. The van der Waals surface area contributed by atoms with Crippen LogP contribution in [0.15, 0.2) is 18.2 Å². The average molecular weight is 254 g/mol. The fraction of sp³-hybridized carbons (Fsp3) is 0.308. The highest BCUT2D eigenvalue weighted by Crippen LogP contribution is 2.26. The number of halogens is 1. The number of carbonyl (C=O) groups is 1. The van der Waals surface area contributed by atoms with Crippen LogP contribution in [0, 0.1) is 6.92 Å². The lowest BCUT2D eigenvalue weighted by Gasteiger charge is -2.05. The first-order chi connectivity index (χ1) is 8.06. The van der Waals surface area contributed by atoms with Gasteiger partial charge in [-0.2, -0.15) is 0 Å². The van der Waals surface area contributed by atoms with Gasteiger partial charge in [-0.25, -0.2) is 0 Å². The number of hydrogen-bond donors (Lipinski definition) is 1. The third kappa shape index (κ3) is 3.79. The summed E-state index contributed by atoms with van der Waals surface area (Å²) in [7, 11) is 0. The zero-order valence-corrected chi connectivity index (χ0v) is 10.8. The van der Waals surface area contributed by atoms with Crippen LogP contribution in [0.2, 0.25) is 5.02 Å². The van der Waals surface area contributed by atoms with Gasteiger partial charge in [0.05, 0.1) is 18.1 Å². The van der Waals surface area contributed by atoms with Crippen molar-refractivity contribution < 1.29 is 9.53 Å². The molecule has 0 radical (unpaired) electrons. The van der Waals surface area contributed by atoms with E-state index < -0.39 is 0 Å². The molecule has 0 saturated carbocycles. The number of anilines is 1. The molecule has 0 atom stereocenters. The van der Waals surface area contributed by atoms with Gasteiger partial charge in [0.15, 0.2) is 0 Å². The van der Waals surface area contributed by atoms with Gasteiger partial charge in [-0.05, 0) is 31.0 Å². The minimum absolute atomic E-state index is 0.243. The molecule has 3 nitrogen and oxygen atoms in total. The summed E-state index contributed by atoms with van der Waals surface area (Å²) >= 11 is 6.13. The summed E-state index contributed by atoms with van der Waals surface area (Å²) in [5.41, 5.74) is 8.09. The molecule has 2 N–H and O–H groups in total. The van der Waals surface area contributed by atoms with E-state index in [1.165, 1.54) is 0 Å². The molecule has 0 fully saturated rings. The van der Waals surface area contributed by atoms with Crippen molar-refractivity contribution in [3.8, 4) is 0 Å². The van der Waals surface area contributed by atoms with Crippen molar-refractivity contribution in [2.75, 3.05) is 12.3 Å². The van der Waals surface area contributed by atoms with Crippen molar-refractivity contribution in [2.24, 2.45) is 0 Å². The van der Waals surface area contributed by atoms with Gasteiger partial charge in [0, 0.05) is 5.69 Å². The fourth-order valence-electron chi connectivity index (χ4n) is 1.35. The second-order valence-corrected chi connectivity index (χ2v) is 3.97. The average Bonchev–Trinajstić information content (AvgIpc) is 2.29. The molecular formula is C13H16ClNO2. The molecule has 92 valence electrons. The number of esters is 1. The number of carbonyl (C=O) groups excluding carboxylic acids is 1. The van der Waals surface area contributed by atoms with Gasteiger partial charge < -0.3 is 10.5 Å². The summed E-state index contributed by atoms with van der Waals surface area (Å²) in [5, 5.41) is 0.616. The molecule has 1 aromatic carbocycles.